The van der Waals surface area contributed by atoms with Gasteiger partial charge in [-0.25, -0.2) is 4.79 Å². The van der Waals surface area contributed by atoms with E-state index in [1.165, 1.54) is 13.8 Å². The molecule has 0 fully saturated rings. The summed E-state index contributed by atoms with van der Waals surface area (Å²) in [7, 11) is 0. The predicted molar refractivity (Wildman–Crippen MR) is 62.7 cm³/mol. The Morgan fingerprint density at radius 2 is 1.84 bits per heavy atom. The smallest absolute Gasteiger partial charge is 0.391 e. The number of alkyl halides is 3. The van der Waals surface area contributed by atoms with Crippen molar-refractivity contribution in [2.24, 2.45) is 5.41 Å². The van der Waals surface area contributed by atoms with Crippen molar-refractivity contribution in [3.63, 3.8) is 0 Å². The molecule has 8 heteroatoms. The first-order valence-corrected chi connectivity index (χ1v) is 5.84. The molecule has 0 aliphatic carbocycles. The van der Waals surface area contributed by atoms with Crippen molar-refractivity contribution in [3.05, 3.63) is 0 Å². The quantitative estimate of drug-likeness (QED) is 0.699. The van der Waals surface area contributed by atoms with Crippen molar-refractivity contribution in [2.75, 3.05) is 6.54 Å². The summed E-state index contributed by atoms with van der Waals surface area (Å²) in [4.78, 5) is 22.3. The molecule has 0 aromatic carbocycles. The van der Waals surface area contributed by atoms with Crippen LogP contribution in [0.25, 0.3) is 0 Å². The second-order valence-electron chi connectivity index (χ2n) is 4.77. The van der Waals surface area contributed by atoms with E-state index in [2.05, 4.69) is 10.6 Å². The molecule has 0 aliphatic heterocycles. The molecular weight excluding hydrogens is 265 g/mol. The maximum atomic E-state index is 12.0. The van der Waals surface area contributed by atoms with Gasteiger partial charge in [0.15, 0.2) is 0 Å². The van der Waals surface area contributed by atoms with E-state index in [1.54, 1.807) is 6.92 Å². The van der Waals surface area contributed by atoms with Crippen LogP contribution in [-0.2, 0) is 4.79 Å². The van der Waals surface area contributed by atoms with Crippen LogP contribution in [0.2, 0.25) is 0 Å². The molecule has 0 saturated carbocycles. The molecule has 0 aliphatic rings. The number of carbonyl (C=O) groups excluding carboxylic acids is 1. The Labute approximate surface area is 109 Å². The Morgan fingerprint density at radius 3 is 2.21 bits per heavy atom. The number of nitrogens with one attached hydrogen (secondary N) is 2. The number of halogens is 3. The van der Waals surface area contributed by atoms with Crippen molar-refractivity contribution in [1.29, 1.82) is 0 Å². The van der Waals surface area contributed by atoms with Crippen molar-refractivity contribution in [3.8, 4) is 0 Å². The van der Waals surface area contributed by atoms with Crippen LogP contribution in [0, 0.1) is 5.41 Å². The zero-order chi connectivity index (χ0) is 15.3. The van der Waals surface area contributed by atoms with Crippen molar-refractivity contribution in [1.82, 2.24) is 10.6 Å². The molecule has 0 saturated heterocycles. The Balaban J connectivity index is 4.23. The average molecular weight is 284 g/mol. The van der Waals surface area contributed by atoms with Gasteiger partial charge in [0, 0.05) is 12.6 Å². The monoisotopic (exact) mass is 284 g/mol. The third kappa shape index (κ3) is 6.88. The van der Waals surface area contributed by atoms with E-state index >= 15 is 0 Å². The summed E-state index contributed by atoms with van der Waals surface area (Å²) < 4.78 is 36.1. The molecule has 0 rings (SSSR count). The zero-order valence-corrected chi connectivity index (χ0v) is 11.1. The molecule has 2 atom stereocenters. The van der Waals surface area contributed by atoms with Crippen molar-refractivity contribution >= 4 is 12.0 Å². The van der Waals surface area contributed by atoms with Gasteiger partial charge in [0.2, 0.25) is 0 Å². The van der Waals surface area contributed by atoms with E-state index in [1.807, 2.05) is 0 Å². The number of aliphatic carboxylic acids is 1. The highest BCUT2D eigenvalue weighted by molar-refractivity contribution is 5.77. The van der Waals surface area contributed by atoms with Crippen LogP contribution in [0.5, 0.6) is 0 Å². The van der Waals surface area contributed by atoms with E-state index in [0.29, 0.717) is 6.42 Å². The fourth-order valence-corrected chi connectivity index (χ4v) is 1.30. The SMILES string of the molecule is CCC(C)(CNC(=O)NC(C)CC(F)(F)F)C(=O)O. The average Bonchev–Trinajstić information content (AvgIpc) is 2.22. The standard InChI is InChI=1S/C11H19F3N2O3/c1-4-10(3,8(17)18)6-15-9(19)16-7(2)5-11(12,13)14/h7H,4-6H2,1-3H3,(H,17,18)(H2,15,16,19). The zero-order valence-electron chi connectivity index (χ0n) is 11.1. The minimum absolute atomic E-state index is 0.149. The fraction of sp³-hybridized carbons (Fsp3) is 0.818. The highest BCUT2D eigenvalue weighted by atomic mass is 19.4. The Morgan fingerprint density at radius 1 is 1.32 bits per heavy atom. The number of carboxylic acid groups (broad SMARTS) is 1. The summed E-state index contributed by atoms with van der Waals surface area (Å²) in [5.74, 6) is -1.07. The van der Waals surface area contributed by atoms with Crippen LogP contribution in [0.3, 0.4) is 0 Å². The van der Waals surface area contributed by atoms with Crippen LogP contribution in [-0.4, -0.2) is 35.9 Å². The number of rotatable bonds is 6. The second-order valence-corrected chi connectivity index (χ2v) is 4.77. The van der Waals surface area contributed by atoms with Gasteiger partial charge in [0.25, 0.3) is 0 Å². The van der Waals surface area contributed by atoms with Crippen LogP contribution >= 0.6 is 0 Å². The molecule has 0 spiro atoms. The topological polar surface area (TPSA) is 78.4 Å². The van der Waals surface area contributed by atoms with Gasteiger partial charge in [-0.1, -0.05) is 6.92 Å². The molecule has 112 valence electrons. The van der Waals surface area contributed by atoms with Gasteiger partial charge in [0.1, 0.15) is 0 Å². The van der Waals surface area contributed by atoms with E-state index < -0.39 is 36.1 Å². The minimum Gasteiger partial charge on any atom is -0.481 e. The summed E-state index contributed by atoms with van der Waals surface area (Å²) in [6.45, 7) is 4.18. The van der Waals surface area contributed by atoms with Gasteiger partial charge in [-0.15, -0.1) is 0 Å². The Kier molecular flexibility index (Phi) is 6.11. The van der Waals surface area contributed by atoms with Crippen LogP contribution in [0.1, 0.15) is 33.6 Å². The Bertz CT molecular complexity index is 334. The van der Waals surface area contributed by atoms with Crippen molar-refractivity contribution in [2.45, 2.75) is 45.8 Å². The molecule has 2 unspecified atom stereocenters. The van der Waals surface area contributed by atoms with Gasteiger partial charge in [0.05, 0.1) is 11.8 Å². The molecule has 0 bridgehead atoms. The first kappa shape index (κ1) is 17.5. The van der Waals surface area contributed by atoms with Crippen molar-refractivity contribution < 1.29 is 27.9 Å². The highest BCUT2D eigenvalue weighted by Gasteiger charge is 2.33. The summed E-state index contributed by atoms with van der Waals surface area (Å²) >= 11 is 0. The van der Waals surface area contributed by atoms with Gasteiger partial charge >= 0.3 is 18.2 Å². The van der Waals surface area contributed by atoms with Gasteiger partial charge in [-0.3, -0.25) is 4.79 Å². The third-order valence-electron chi connectivity index (χ3n) is 2.85. The summed E-state index contributed by atoms with van der Waals surface area (Å²) in [5, 5.41) is 13.3. The van der Waals surface area contributed by atoms with Crippen LogP contribution in [0.15, 0.2) is 0 Å². The number of carbonyl (C=O) groups is 2. The third-order valence-corrected chi connectivity index (χ3v) is 2.85. The van der Waals surface area contributed by atoms with E-state index in [9.17, 15) is 22.8 Å². The number of amides is 2. The lowest BCUT2D eigenvalue weighted by molar-refractivity contribution is -0.147. The van der Waals surface area contributed by atoms with Gasteiger partial charge in [-0.2, -0.15) is 13.2 Å². The highest BCUT2D eigenvalue weighted by Crippen LogP contribution is 2.21. The number of hydrogen-bond donors (Lipinski definition) is 3. The fourth-order valence-electron chi connectivity index (χ4n) is 1.30. The molecule has 19 heavy (non-hydrogen) atoms. The lowest BCUT2D eigenvalue weighted by atomic mass is 9.88. The molecule has 2 amide bonds. The number of hydrogen-bond acceptors (Lipinski definition) is 2. The Hall–Kier alpha value is -1.47. The number of carboxylic acids is 1. The van der Waals surface area contributed by atoms with Gasteiger partial charge < -0.3 is 15.7 Å². The number of urea groups is 1. The largest absolute Gasteiger partial charge is 0.481 e. The molecule has 0 heterocycles. The predicted octanol–water partition coefficient (Wildman–Crippen LogP) is 2.13. The van der Waals surface area contributed by atoms with Gasteiger partial charge in [-0.05, 0) is 20.3 Å². The summed E-state index contributed by atoms with van der Waals surface area (Å²) in [5.41, 5.74) is -1.13. The molecular formula is C11H19F3N2O3. The van der Waals surface area contributed by atoms with E-state index in [0.717, 1.165) is 0 Å². The van der Waals surface area contributed by atoms with E-state index in [-0.39, 0.29) is 6.54 Å². The maximum absolute atomic E-state index is 12.0. The second kappa shape index (κ2) is 6.63. The lowest BCUT2D eigenvalue weighted by Crippen LogP contribution is -2.47. The van der Waals surface area contributed by atoms with Crippen LogP contribution < -0.4 is 10.6 Å². The first-order valence-electron chi connectivity index (χ1n) is 5.84. The lowest BCUT2D eigenvalue weighted by Gasteiger charge is -2.24. The molecule has 0 aromatic heterocycles. The minimum atomic E-state index is -4.36. The molecule has 0 radical (unpaired) electrons. The first-order chi connectivity index (χ1) is 8.50. The maximum Gasteiger partial charge on any atom is 0.391 e. The van der Waals surface area contributed by atoms with Crippen LogP contribution in [0.4, 0.5) is 18.0 Å². The normalized spacial score (nSPS) is 16.3. The molecule has 3 N–H and O–H groups in total. The molecule has 5 nitrogen and oxygen atoms in total. The summed E-state index contributed by atoms with van der Waals surface area (Å²) in [6, 6.07) is -1.88. The van der Waals surface area contributed by atoms with E-state index in [4.69, 9.17) is 5.11 Å². The molecule has 0 aromatic rings. The summed E-state index contributed by atoms with van der Waals surface area (Å²) in [6.07, 6.45) is -5.20.